The zero-order valence-corrected chi connectivity index (χ0v) is 23.2. The standard InChI is InChI=1S/C28H28N4O5S2/c1-3-21(39-26-28(35)37-30-32(26)19-12-8-5-9-13-19)24(33)29-25-23(27(34)36-2)20-14-15-31(17-22(20)38-25)16-18-10-6-4-7-11-18/h4-13,21H,3,14-17H2,1-2H3,(H-,29,30,33,34,35). The summed E-state index contributed by atoms with van der Waals surface area (Å²) in [5.74, 6) is -1.40. The number of carbonyl (C=O) groups excluding carboxylic acids is 2. The van der Waals surface area contributed by atoms with Gasteiger partial charge in [0.05, 0.1) is 23.2 Å². The lowest BCUT2D eigenvalue weighted by Gasteiger charge is -2.27. The highest BCUT2D eigenvalue weighted by Crippen LogP contribution is 2.39. The van der Waals surface area contributed by atoms with E-state index in [4.69, 9.17) is 9.26 Å². The molecule has 0 aliphatic carbocycles. The molecule has 0 fully saturated rings. The summed E-state index contributed by atoms with van der Waals surface area (Å²) in [7, 11) is 1.34. The fourth-order valence-corrected chi connectivity index (χ4v) is 6.82. The fraction of sp³-hybridized carbons (Fsp3) is 0.286. The third kappa shape index (κ3) is 5.85. The number of para-hydroxylation sites is 1. The molecule has 9 nitrogen and oxygen atoms in total. The number of hydrogen-bond acceptors (Lipinski definition) is 9. The van der Waals surface area contributed by atoms with Crippen LogP contribution in [0.5, 0.6) is 5.95 Å². The van der Waals surface area contributed by atoms with Crippen molar-refractivity contribution in [2.75, 3.05) is 19.0 Å². The first kappa shape index (κ1) is 26.9. The maximum absolute atomic E-state index is 13.5. The van der Waals surface area contributed by atoms with Gasteiger partial charge in [-0.3, -0.25) is 9.69 Å². The number of rotatable bonds is 9. The highest BCUT2D eigenvalue weighted by molar-refractivity contribution is 8.00. The van der Waals surface area contributed by atoms with Crippen LogP contribution in [-0.4, -0.2) is 41.0 Å². The van der Waals surface area contributed by atoms with Crippen LogP contribution in [0.4, 0.5) is 5.00 Å². The number of aromatic nitrogens is 2. The Labute approximate surface area is 234 Å². The largest absolute Gasteiger partial charge is 0.538 e. The van der Waals surface area contributed by atoms with E-state index in [0.29, 0.717) is 35.6 Å². The van der Waals surface area contributed by atoms with Crippen molar-refractivity contribution in [1.82, 2.24) is 10.2 Å². The lowest BCUT2D eigenvalue weighted by atomic mass is 10.0. The number of carbonyl (C=O) groups is 2. The number of thiophene rings is 1. The molecule has 0 radical (unpaired) electrons. The van der Waals surface area contributed by atoms with Crippen LogP contribution in [0.25, 0.3) is 5.69 Å². The number of nitrogens with zero attached hydrogens (tertiary/aromatic N) is 3. The molecule has 0 saturated heterocycles. The normalized spacial score (nSPS) is 14.0. The van der Waals surface area contributed by atoms with E-state index in [2.05, 4.69) is 27.6 Å². The monoisotopic (exact) mass is 564 g/mol. The van der Waals surface area contributed by atoms with Crippen molar-refractivity contribution in [2.24, 2.45) is 0 Å². The Hall–Kier alpha value is -3.67. The second-order valence-corrected chi connectivity index (χ2v) is 11.4. The third-order valence-electron chi connectivity index (χ3n) is 6.50. The van der Waals surface area contributed by atoms with Crippen LogP contribution in [0.2, 0.25) is 0 Å². The number of thioether (sulfide) groups is 1. The topological polar surface area (TPSA) is 112 Å². The van der Waals surface area contributed by atoms with E-state index in [0.717, 1.165) is 35.3 Å². The summed E-state index contributed by atoms with van der Waals surface area (Å²) in [4.78, 5) is 29.6. The van der Waals surface area contributed by atoms with Crippen molar-refractivity contribution in [3.8, 4) is 11.6 Å². The van der Waals surface area contributed by atoms with Gasteiger partial charge in [-0.15, -0.1) is 11.3 Å². The van der Waals surface area contributed by atoms with Gasteiger partial charge in [0.15, 0.2) is 5.95 Å². The van der Waals surface area contributed by atoms with Gasteiger partial charge in [-0.05, 0) is 40.4 Å². The summed E-state index contributed by atoms with van der Waals surface area (Å²) >= 11 is 2.50. The quantitative estimate of drug-likeness (QED) is 0.185. The molecule has 1 aliphatic rings. The maximum atomic E-state index is 13.5. The lowest BCUT2D eigenvalue weighted by Crippen LogP contribution is -2.36. The van der Waals surface area contributed by atoms with E-state index in [1.165, 1.54) is 28.7 Å². The SMILES string of the molecule is CCC(Sc1c([O-])on[n+]1-c1ccccc1)C(=O)Nc1sc2c(c1C(=O)OC)CCN(Cc1ccccc1)C2. The molecule has 1 aliphatic heterocycles. The molecule has 1 atom stereocenters. The summed E-state index contributed by atoms with van der Waals surface area (Å²) in [6.45, 7) is 4.14. The minimum Gasteiger partial charge on any atom is -0.538 e. The van der Waals surface area contributed by atoms with Gasteiger partial charge in [0.1, 0.15) is 5.00 Å². The van der Waals surface area contributed by atoms with Crippen molar-refractivity contribution < 1.29 is 28.6 Å². The van der Waals surface area contributed by atoms with E-state index in [9.17, 15) is 14.7 Å². The molecular weight excluding hydrogens is 536 g/mol. The highest BCUT2D eigenvalue weighted by atomic mass is 32.2. The molecule has 1 N–H and O–H groups in total. The Morgan fingerprint density at radius 3 is 2.62 bits per heavy atom. The molecule has 202 valence electrons. The van der Waals surface area contributed by atoms with E-state index >= 15 is 0 Å². The van der Waals surface area contributed by atoms with Crippen molar-refractivity contribution in [3.63, 3.8) is 0 Å². The molecule has 5 rings (SSSR count). The molecule has 0 spiro atoms. The number of nitrogens with one attached hydrogen (secondary N) is 1. The van der Waals surface area contributed by atoms with Gasteiger partial charge >= 0.3 is 5.97 Å². The van der Waals surface area contributed by atoms with Crippen LogP contribution in [0, 0.1) is 0 Å². The molecule has 1 amide bonds. The molecule has 2 aromatic heterocycles. The zero-order valence-electron chi connectivity index (χ0n) is 21.6. The Morgan fingerprint density at radius 2 is 1.92 bits per heavy atom. The molecule has 0 saturated carbocycles. The average Bonchev–Trinajstić information content (AvgIpc) is 3.51. The second-order valence-electron chi connectivity index (χ2n) is 9.06. The van der Waals surface area contributed by atoms with Gasteiger partial charge in [0.2, 0.25) is 11.6 Å². The van der Waals surface area contributed by atoms with Crippen molar-refractivity contribution in [3.05, 3.63) is 82.2 Å². The van der Waals surface area contributed by atoms with Gasteiger partial charge in [0, 0.05) is 36.6 Å². The first-order valence-corrected chi connectivity index (χ1v) is 14.3. The first-order chi connectivity index (χ1) is 19.0. The van der Waals surface area contributed by atoms with Gasteiger partial charge < -0.3 is 19.7 Å². The smallest absolute Gasteiger partial charge is 0.341 e. The molecule has 1 unspecified atom stereocenters. The number of esters is 1. The van der Waals surface area contributed by atoms with Crippen LogP contribution in [0.15, 0.2) is 70.2 Å². The van der Waals surface area contributed by atoms with Gasteiger partial charge in [0.25, 0.3) is 5.03 Å². The van der Waals surface area contributed by atoms with E-state index in [-0.39, 0.29) is 10.9 Å². The molecular formula is C28H28N4O5S2. The van der Waals surface area contributed by atoms with Crippen molar-refractivity contribution in [2.45, 2.75) is 43.1 Å². The van der Waals surface area contributed by atoms with Gasteiger partial charge in [-0.25, -0.2) is 4.79 Å². The number of benzene rings is 2. The fourth-order valence-electron chi connectivity index (χ4n) is 4.56. The zero-order chi connectivity index (χ0) is 27.4. The Balaban J connectivity index is 1.36. The summed E-state index contributed by atoms with van der Waals surface area (Å²) in [5, 5.41) is 19.3. The summed E-state index contributed by atoms with van der Waals surface area (Å²) in [5.41, 5.74) is 3.22. The Morgan fingerprint density at radius 1 is 1.21 bits per heavy atom. The van der Waals surface area contributed by atoms with Crippen LogP contribution >= 0.6 is 23.1 Å². The predicted octanol–water partition coefficient (Wildman–Crippen LogP) is 3.94. The molecule has 3 heterocycles. The number of fused-ring (bicyclic) bond motifs is 1. The minimum absolute atomic E-state index is 0.207. The molecule has 0 bridgehead atoms. The predicted molar refractivity (Wildman–Crippen MR) is 146 cm³/mol. The van der Waals surface area contributed by atoms with E-state index in [1.54, 1.807) is 12.1 Å². The van der Waals surface area contributed by atoms with Crippen molar-refractivity contribution in [1.29, 1.82) is 0 Å². The van der Waals surface area contributed by atoms with Crippen molar-refractivity contribution >= 4 is 40.0 Å². The summed E-state index contributed by atoms with van der Waals surface area (Å²) in [6.07, 6.45) is 1.13. The van der Waals surface area contributed by atoms with Crippen LogP contribution in [0.1, 0.15) is 39.7 Å². The van der Waals surface area contributed by atoms with E-state index < -0.39 is 17.2 Å². The number of ether oxygens (including phenoxy) is 1. The number of methoxy groups -OCH3 is 1. The third-order valence-corrected chi connectivity index (χ3v) is 9.03. The van der Waals surface area contributed by atoms with Gasteiger partial charge in [-0.1, -0.05) is 55.5 Å². The maximum Gasteiger partial charge on any atom is 0.341 e. The molecule has 11 heteroatoms. The number of hydrogen-bond donors (Lipinski definition) is 1. The summed E-state index contributed by atoms with van der Waals surface area (Å²) in [6, 6.07) is 19.4. The van der Waals surface area contributed by atoms with Gasteiger partial charge in [-0.2, -0.15) is 0 Å². The Bertz CT molecular complexity index is 1460. The van der Waals surface area contributed by atoms with E-state index in [1.807, 2.05) is 43.3 Å². The lowest BCUT2D eigenvalue weighted by molar-refractivity contribution is -0.705. The Kier molecular flexibility index (Phi) is 8.30. The average molecular weight is 565 g/mol. The number of amides is 1. The van der Waals surface area contributed by atoms with Crippen LogP contribution < -0.4 is 15.1 Å². The summed E-state index contributed by atoms with van der Waals surface area (Å²) < 4.78 is 11.4. The number of anilines is 1. The minimum atomic E-state index is -0.619. The van der Waals surface area contributed by atoms with Crippen LogP contribution in [0.3, 0.4) is 0 Å². The second kappa shape index (κ2) is 12.0. The molecule has 2 aromatic carbocycles. The highest BCUT2D eigenvalue weighted by Gasteiger charge is 2.32. The van der Waals surface area contributed by atoms with Crippen LogP contribution in [-0.2, 0) is 29.0 Å². The first-order valence-electron chi connectivity index (χ1n) is 12.6. The molecule has 39 heavy (non-hydrogen) atoms. The molecule has 4 aromatic rings.